The van der Waals surface area contributed by atoms with Gasteiger partial charge in [0.25, 0.3) is 0 Å². The van der Waals surface area contributed by atoms with Crippen LogP contribution in [0.4, 0.5) is 0 Å². The molecule has 98 valence electrons. The molecule has 1 amide bonds. The number of hydrogen-bond donors (Lipinski definition) is 1. The van der Waals surface area contributed by atoms with Crippen molar-refractivity contribution in [2.45, 2.75) is 38.6 Å². The Bertz CT molecular complexity index is 273. The van der Waals surface area contributed by atoms with E-state index in [4.69, 9.17) is 5.11 Å². The Morgan fingerprint density at radius 3 is 2.24 bits per heavy atom. The van der Waals surface area contributed by atoms with Gasteiger partial charge in [0, 0.05) is 13.1 Å². The van der Waals surface area contributed by atoms with E-state index in [1.807, 2.05) is 4.90 Å². The second-order valence-corrected chi connectivity index (χ2v) is 4.72. The molecule has 1 unspecified atom stereocenters. The number of carboxylic acids is 1. The number of hydrogen-bond acceptors (Lipinski definition) is 3. The molecule has 1 fully saturated rings. The van der Waals surface area contributed by atoms with Crippen molar-refractivity contribution in [2.75, 3.05) is 26.7 Å². The van der Waals surface area contributed by atoms with Gasteiger partial charge in [-0.15, -0.1) is 0 Å². The highest BCUT2D eigenvalue weighted by Gasteiger charge is 2.22. The molecule has 0 saturated carbocycles. The van der Waals surface area contributed by atoms with Gasteiger partial charge in [0.2, 0.25) is 5.91 Å². The van der Waals surface area contributed by atoms with E-state index < -0.39 is 12.0 Å². The summed E-state index contributed by atoms with van der Waals surface area (Å²) in [5.74, 6) is -0.848. The van der Waals surface area contributed by atoms with Gasteiger partial charge in [-0.2, -0.15) is 0 Å². The average Bonchev–Trinajstić information content (AvgIpc) is 2.56. The van der Waals surface area contributed by atoms with E-state index in [2.05, 4.69) is 0 Å². The van der Waals surface area contributed by atoms with Crippen molar-refractivity contribution in [1.82, 2.24) is 9.80 Å². The van der Waals surface area contributed by atoms with Crippen LogP contribution in [0.2, 0.25) is 0 Å². The number of rotatable bonds is 4. The summed E-state index contributed by atoms with van der Waals surface area (Å²) >= 11 is 0. The van der Waals surface area contributed by atoms with Gasteiger partial charge in [-0.1, -0.05) is 12.8 Å². The first-order valence-corrected chi connectivity index (χ1v) is 6.23. The van der Waals surface area contributed by atoms with Gasteiger partial charge in [-0.25, -0.2) is 0 Å². The predicted molar refractivity (Wildman–Crippen MR) is 64.8 cm³/mol. The van der Waals surface area contributed by atoms with Crippen LogP contribution in [0.1, 0.15) is 32.6 Å². The molecule has 0 bridgehead atoms. The standard InChI is InChI=1S/C12H22N2O3/c1-10(12(16)17)13(2)9-11(15)14-7-5-3-4-6-8-14/h10H,3-9H2,1-2H3,(H,16,17). The molecule has 0 spiro atoms. The second-order valence-electron chi connectivity index (χ2n) is 4.72. The fourth-order valence-electron chi connectivity index (χ4n) is 1.96. The molecular formula is C12H22N2O3. The third-order valence-electron chi connectivity index (χ3n) is 3.36. The molecule has 5 heteroatoms. The van der Waals surface area contributed by atoms with Crippen LogP contribution in [0.25, 0.3) is 0 Å². The van der Waals surface area contributed by atoms with E-state index in [1.165, 1.54) is 12.8 Å². The van der Waals surface area contributed by atoms with E-state index in [0.717, 1.165) is 25.9 Å². The van der Waals surface area contributed by atoms with Crippen molar-refractivity contribution in [3.05, 3.63) is 0 Å². The number of carbonyl (C=O) groups excluding carboxylic acids is 1. The van der Waals surface area contributed by atoms with Crippen LogP contribution < -0.4 is 0 Å². The number of likely N-dealkylation sites (tertiary alicyclic amines) is 1. The summed E-state index contributed by atoms with van der Waals surface area (Å²) in [6.07, 6.45) is 4.49. The lowest BCUT2D eigenvalue weighted by molar-refractivity contribution is -0.143. The normalized spacial score (nSPS) is 18.9. The van der Waals surface area contributed by atoms with Gasteiger partial charge in [0.15, 0.2) is 0 Å². The van der Waals surface area contributed by atoms with Gasteiger partial charge in [0.05, 0.1) is 6.54 Å². The molecule has 1 aliphatic rings. The highest BCUT2D eigenvalue weighted by molar-refractivity contribution is 5.79. The van der Waals surface area contributed by atoms with E-state index in [0.29, 0.717) is 0 Å². The van der Waals surface area contributed by atoms with Gasteiger partial charge in [-0.05, 0) is 26.8 Å². The average molecular weight is 242 g/mol. The van der Waals surface area contributed by atoms with Crippen molar-refractivity contribution in [1.29, 1.82) is 0 Å². The lowest BCUT2D eigenvalue weighted by Gasteiger charge is -2.25. The maximum atomic E-state index is 12.0. The number of amides is 1. The smallest absolute Gasteiger partial charge is 0.320 e. The lowest BCUT2D eigenvalue weighted by atomic mass is 10.2. The van der Waals surface area contributed by atoms with Crippen molar-refractivity contribution < 1.29 is 14.7 Å². The zero-order valence-corrected chi connectivity index (χ0v) is 10.7. The molecule has 1 rings (SSSR count). The first kappa shape index (κ1) is 14.0. The fraction of sp³-hybridized carbons (Fsp3) is 0.833. The second kappa shape index (κ2) is 6.59. The summed E-state index contributed by atoms with van der Waals surface area (Å²) in [6.45, 7) is 3.41. The first-order valence-electron chi connectivity index (χ1n) is 6.23. The van der Waals surface area contributed by atoms with Gasteiger partial charge in [0.1, 0.15) is 6.04 Å². The number of carboxylic acid groups (broad SMARTS) is 1. The number of aliphatic carboxylic acids is 1. The zero-order chi connectivity index (χ0) is 12.8. The quantitative estimate of drug-likeness (QED) is 0.792. The molecule has 1 N–H and O–H groups in total. The fourth-order valence-corrected chi connectivity index (χ4v) is 1.96. The minimum atomic E-state index is -0.892. The molecule has 1 atom stereocenters. The first-order chi connectivity index (χ1) is 8.02. The minimum absolute atomic E-state index is 0.0440. The Labute approximate surface area is 102 Å². The highest BCUT2D eigenvalue weighted by Crippen LogP contribution is 2.10. The Balaban J connectivity index is 2.44. The largest absolute Gasteiger partial charge is 0.480 e. The van der Waals surface area contributed by atoms with Crippen molar-refractivity contribution in [3.8, 4) is 0 Å². The summed E-state index contributed by atoms with van der Waals surface area (Å²) in [7, 11) is 1.68. The Kier molecular flexibility index (Phi) is 5.41. The topological polar surface area (TPSA) is 60.9 Å². The number of nitrogens with zero attached hydrogens (tertiary/aromatic N) is 2. The van der Waals surface area contributed by atoms with Crippen LogP contribution in [-0.4, -0.2) is 59.5 Å². The van der Waals surface area contributed by atoms with Crippen LogP contribution >= 0.6 is 0 Å². The summed E-state index contributed by atoms with van der Waals surface area (Å²) in [4.78, 5) is 26.2. The van der Waals surface area contributed by atoms with E-state index in [9.17, 15) is 9.59 Å². The molecule has 17 heavy (non-hydrogen) atoms. The third kappa shape index (κ3) is 4.34. The predicted octanol–water partition coefficient (Wildman–Crippen LogP) is 0.794. The van der Waals surface area contributed by atoms with Crippen LogP contribution in [0.3, 0.4) is 0 Å². The molecule has 0 aromatic heterocycles. The van der Waals surface area contributed by atoms with Crippen molar-refractivity contribution >= 4 is 11.9 Å². The molecule has 1 saturated heterocycles. The molecule has 5 nitrogen and oxygen atoms in total. The number of carbonyl (C=O) groups is 2. The molecule has 0 aromatic carbocycles. The zero-order valence-electron chi connectivity index (χ0n) is 10.7. The van der Waals surface area contributed by atoms with Crippen molar-refractivity contribution in [3.63, 3.8) is 0 Å². The Morgan fingerprint density at radius 2 is 1.76 bits per heavy atom. The molecule has 1 heterocycles. The van der Waals surface area contributed by atoms with E-state index in [1.54, 1.807) is 18.9 Å². The Morgan fingerprint density at radius 1 is 1.24 bits per heavy atom. The molecular weight excluding hydrogens is 220 g/mol. The van der Waals surface area contributed by atoms with Gasteiger partial charge >= 0.3 is 5.97 Å². The van der Waals surface area contributed by atoms with Crippen LogP contribution in [-0.2, 0) is 9.59 Å². The molecule has 0 aliphatic carbocycles. The summed E-state index contributed by atoms with van der Waals surface area (Å²) in [6, 6.07) is -0.620. The maximum absolute atomic E-state index is 12.0. The molecule has 0 aromatic rings. The SMILES string of the molecule is CC(C(=O)O)N(C)CC(=O)N1CCCCCC1. The monoisotopic (exact) mass is 242 g/mol. The highest BCUT2D eigenvalue weighted by atomic mass is 16.4. The van der Waals surface area contributed by atoms with E-state index in [-0.39, 0.29) is 12.5 Å². The van der Waals surface area contributed by atoms with Crippen LogP contribution in [0.5, 0.6) is 0 Å². The molecule has 0 radical (unpaired) electrons. The van der Waals surface area contributed by atoms with Crippen LogP contribution in [0, 0.1) is 0 Å². The number of likely N-dealkylation sites (N-methyl/N-ethyl adjacent to an activating group) is 1. The maximum Gasteiger partial charge on any atom is 0.320 e. The third-order valence-corrected chi connectivity index (χ3v) is 3.36. The molecule has 1 aliphatic heterocycles. The summed E-state index contributed by atoms with van der Waals surface area (Å²) in [5.41, 5.74) is 0. The minimum Gasteiger partial charge on any atom is -0.480 e. The van der Waals surface area contributed by atoms with Gasteiger partial charge in [-0.3, -0.25) is 14.5 Å². The van der Waals surface area contributed by atoms with Crippen LogP contribution in [0.15, 0.2) is 0 Å². The lowest BCUT2D eigenvalue weighted by Crippen LogP contribution is -2.44. The van der Waals surface area contributed by atoms with Gasteiger partial charge < -0.3 is 10.0 Å². The summed E-state index contributed by atoms with van der Waals surface area (Å²) < 4.78 is 0. The summed E-state index contributed by atoms with van der Waals surface area (Å²) in [5, 5.41) is 8.85. The Hall–Kier alpha value is -1.10. The van der Waals surface area contributed by atoms with E-state index >= 15 is 0 Å². The van der Waals surface area contributed by atoms with Crippen molar-refractivity contribution in [2.24, 2.45) is 0 Å².